The molecule has 0 aromatic heterocycles. The molecule has 2 nitrogen and oxygen atoms in total. The monoisotopic (exact) mass is 191 g/mol. The standard InChI is InChI=1S/C12H17NO/c1-2-8-6-7-11(14)9-4-3-5-10(13)12(8)9/h6-7,10,14H,2-5,13H2,1H3/t10-/m0/s1. The molecule has 14 heavy (non-hydrogen) atoms. The first kappa shape index (κ1) is 9.53. The van der Waals surface area contributed by atoms with Crippen LogP contribution in [0.15, 0.2) is 12.1 Å². The molecule has 76 valence electrons. The van der Waals surface area contributed by atoms with E-state index in [1.165, 1.54) is 11.1 Å². The van der Waals surface area contributed by atoms with E-state index < -0.39 is 0 Å². The summed E-state index contributed by atoms with van der Waals surface area (Å²) in [5.41, 5.74) is 9.67. The number of aryl methyl sites for hydroxylation is 1. The molecule has 0 fully saturated rings. The van der Waals surface area contributed by atoms with Gasteiger partial charge in [0.15, 0.2) is 0 Å². The zero-order valence-electron chi connectivity index (χ0n) is 8.59. The number of rotatable bonds is 1. The molecule has 0 amide bonds. The molecule has 1 atom stereocenters. The van der Waals surface area contributed by atoms with Gasteiger partial charge >= 0.3 is 0 Å². The van der Waals surface area contributed by atoms with Gasteiger partial charge in [0.25, 0.3) is 0 Å². The lowest BCUT2D eigenvalue weighted by atomic mass is 9.84. The lowest BCUT2D eigenvalue weighted by Gasteiger charge is -2.25. The van der Waals surface area contributed by atoms with Crippen LogP contribution in [0.1, 0.15) is 42.5 Å². The maximum absolute atomic E-state index is 9.74. The van der Waals surface area contributed by atoms with Crippen LogP contribution in [0.3, 0.4) is 0 Å². The second-order valence-electron chi connectivity index (χ2n) is 3.99. The predicted molar refractivity (Wildman–Crippen MR) is 57.4 cm³/mol. The molecular formula is C12H17NO. The van der Waals surface area contributed by atoms with Crippen molar-refractivity contribution < 1.29 is 5.11 Å². The van der Waals surface area contributed by atoms with Gasteiger partial charge in [-0.15, -0.1) is 0 Å². The Bertz CT molecular complexity index is 346. The second kappa shape index (κ2) is 3.62. The summed E-state index contributed by atoms with van der Waals surface area (Å²) in [6.07, 6.45) is 4.11. The van der Waals surface area contributed by atoms with E-state index in [4.69, 9.17) is 5.73 Å². The molecule has 0 saturated carbocycles. The SMILES string of the molecule is CCc1ccc(O)c2c1[C@@H](N)CCC2. The molecule has 0 saturated heterocycles. The van der Waals surface area contributed by atoms with Crippen LogP contribution >= 0.6 is 0 Å². The highest BCUT2D eigenvalue weighted by atomic mass is 16.3. The Hall–Kier alpha value is -1.02. The Morgan fingerprint density at radius 1 is 1.50 bits per heavy atom. The highest BCUT2D eigenvalue weighted by Gasteiger charge is 2.21. The number of phenols is 1. The molecule has 0 heterocycles. The van der Waals surface area contributed by atoms with Crippen LogP contribution in [0.25, 0.3) is 0 Å². The topological polar surface area (TPSA) is 46.2 Å². The largest absolute Gasteiger partial charge is 0.508 e. The predicted octanol–water partition coefficient (Wildman–Crippen LogP) is 2.29. The molecule has 0 bridgehead atoms. The van der Waals surface area contributed by atoms with Crippen molar-refractivity contribution in [1.29, 1.82) is 0 Å². The van der Waals surface area contributed by atoms with Gasteiger partial charge in [0, 0.05) is 6.04 Å². The van der Waals surface area contributed by atoms with Crippen molar-refractivity contribution in [1.82, 2.24) is 0 Å². The van der Waals surface area contributed by atoms with Gasteiger partial charge in [-0.1, -0.05) is 13.0 Å². The van der Waals surface area contributed by atoms with Crippen molar-refractivity contribution in [3.63, 3.8) is 0 Å². The minimum atomic E-state index is 0.126. The summed E-state index contributed by atoms with van der Waals surface area (Å²) >= 11 is 0. The van der Waals surface area contributed by atoms with E-state index in [1.807, 2.05) is 6.07 Å². The third-order valence-electron chi connectivity index (χ3n) is 3.12. The van der Waals surface area contributed by atoms with Crippen LogP contribution in [0, 0.1) is 0 Å². The highest BCUT2D eigenvalue weighted by Crippen LogP contribution is 2.36. The zero-order valence-corrected chi connectivity index (χ0v) is 8.59. The van der Waals surface area contributed by atoms with Gasteiger partial charge in [0.05, 0.1) is 0 Å². The van der Waals surface area contributed by atoms with Gasteiger partial charge in [-0.05, 0) is 48.4 Å². The number of aromatic hydroxyl groups is 1. The summed E-state index contributed by atoms with van der Waals surface area (Å²) in [6.45, 7) is 2.13. The van der Waals surface area contributed by atoms with Crippen molar-refractivity contribution in [2.75, 3.05) is 0 Å². The Morgan fingerprint density at radius 2 is 2.29 bits per heavy atom. The summed E-state index contributed by atoms with van der Waals surface area (Å²) in [7, 11) is 0. The second-order valence-corrected chi connectivity index (χ2v) is 3.99. The van der Waals surface area contributed by atoms with E-state index in [-0.39, 0.29) is 6.04 Å². The fraction of sp³-hybridized carbons (Fsp3) is 0.500. The smallest absolute Gasteiger partial charge is 0.119 e. The molecule has 0 unspecified atom stereocenters. The molecular weight excluding hydrogens is 174 g/mol. The highest BCUT2D eigenvalue weighted by molar-refractivity contribution is 5.47. The minimum Gasteiger partial charge on any atom is -0.508 e. The first-order valence-electron chi connectivity index (χ1n) is 5.33. The van der Waals surface area contributed by atoms with Crippen LogP contribution in [-0.2, 0) is 12.8 Å². The molecule has 1 aromatic rings. The van der Waals surface area contributed by atoms with Gasteiger partial charge in [-0.2, -0.15) is 0 Å². The van der Waals surface area contributed by atoms with Crippen LogP contribution in [0.4, 0.5) is 0 Å². The molecule has 1 aliphatic rings. The zero-order chi connectivity index (χ0) is 10.1. The van der Waals surface area contributed by atoms with E-state index in [0.717, 1.165) is 31.2 Å². The van der Waals surface area contributed by atoms with E-state index in [0.29, 0.717) is 5.75 Å². The van der Waals surface area contributed by atoms with Gasteiger partial charge in [0.1, 0.15) is 5.75 Å². The van der Waals surface area contributed by atoms with E-state index >= 15 is 0 Å². The molecule has 0 spiro atoms. The summed E-state index contributed by atoms with van der Waals surface area (Å²) in [5.74, 6) is 0.423. The third kappa shape index (κ3) is 1.40. The van der Waals surface area contributed by atoms with Crippen molar-refractivity contribution in [2.24, 2.45) is 5.73 Å². The lowest BCUT2D eigenvalue weighted by molar-refractivity contribution is 0.454. The van der Waals surface area contributed by atoms with Crippen LogP contribution in [0.2, 0.25) is 0 Å². The van der Waals surface area contributed by atoms with E-state index in [9.17, 15) is 5.11 Å². The fourth-order valence-electron chi connectivity index (χ4n) is 2.38. The normalized spacial score (nSPS) is 20.6. The Labute approximate surface area is 84.7 Å². The van der Waals surface area contributed by atoms with Crippen molar-refractivity contribution in [3.8, 4) is 5.75 Å². The van der Waals surface area contributed by atoms with Gasteiger partial charge in [-0.3, -0.25) is 0 Å². The Balaban J connectivity index is 2.58. The maximum atomic E-state index is 9.74. The first-order valence-corrected chi connectivity index (χ1v) is 5.33. The Morgan fingerprint density at radius 3 is 3.00 bits per heavy atom. The van der Waals surface area contributed by atoms with E-state index in [1.54, 1.807) is 6.07 Å². The summed E-state index contributed by atoms with van der Waals surface area (Å²) in [4.78, 5) is 0. The quantitative estimate of drug-likeness (QED) is 0.715. The average molecular weight is 191 g/mol. The lowest BCUT2D eigenvalue weighted by Crippen LogP contribution is -2.19. The molecule has 0 aliphatic heterocycles. The molecule has 0 radical (unpaired) electrons. The number of hydrogen-bond acceptors (Lipinski definition) is 2. The average Bonchev–Trinajstić information content (AvgIpc) is 2.20. The summed E-state index contributed by atoms with van der Waals surface area (Å²) in [6, 6.07) is 3.93. The summed E-state index contributed by atoms with van der Waals surface area (Å²) in [5, 5.41) is 9.74. The maximum Gasteiger partial charge on any atom is 0.119 e. The van der Waals surface area contributed by atoms with Crippen LogP contribution in [0.5, 0.6) is 5.75 Å². The summed E-state index contributed by atoms with van der Waals surface area (Å²) < 4.78 is 0. The Kier molecular flexibility index (Phi) is 2.46. The van der Waals surface area contributed by atoms with Crippen molar-refractivity contribution in [2.45, 2.75) is 38.6 Å². The molecule has 2 rings (SSSR count). The number of fused-ring (bicyclic) bond motifs is 1. The third-order valence-corrected chi connectivity index (χ3v) is 3.12. The molecule has 3 N–H and O–H groups in total. The van der Waals surface area contributed by atoms with Gasteiger partial charge < -0.3 is 10.8 Å². The van der Waals surface area contributed by atoms with Crippen LogP contribution < -0.4 is 5.73 Å². The molecule has 1 aliphatic carbocycles. The van der Waals surface area contributed by atoms with Gasteiger partial charge in [-0.25, -0.2) is 0 Å². The van der Waals surface area contributed by atoms with Crippen molar-refractivity contribution >= 4 is 0 Å². The van der Waals surface area contributed by atoms with E-state index in [2.05, 4.69) is 6.92 Å². The number of benzene rings is 1. The number of phenolic OH excluding ortho intramolecular Hbond substituents is 1. The van der Waals surface area contributed by atoms with Gasteiger partial charge in [0.2, 0.25) is 0 Å². The van der Waals surface area contributed by atoms with Crippen LogP contribution in [-0.4, -0.2) is 5.11 Å². The van der Waals surface area contributed by atoms with Crippen molar-refractivity contribution in [3.05, 3.63) is 28.8 Å². The number of hydrogen-bond donors (Lipinski definition) is 2. The minimum absolute atomic E-state index is 0.126. The number of nitrogens with two attached hydrogens (primary N) is 1. The molecule has 1 aromatic carbocycles. The fourth-order valence-corrected chi connectivity index (χ4v) is 2.38. The first-order chi connectivity index (χ1) is 6.74. The molecule has 2 heteroatoms.